The Kier molecular flexibility index (Phi) is 4.47. The second kappa shape index (κ2) is 4.65. The lowest BCUT2D eigenvalue weighted by molar-refractivity contribution is -0.149. The topological polar surface area (TPSA) is 54.4 Å². The molecule has 0 saturated carbocycles. The minimum atomic E-state index is -0.943. The Balaban J connectivity index is 4.28. The molecule has 76 valence electrons. The molecule has 13 heavy (non-hydrogen) atoms. The second-order valence-corrected chi connectivity index (χ2v) is 4.89. The highest BCUT2D eigenvalue weighted by Gasteiger charge is 2.31. The number of hydrogen-bond donors (Lipinski definition) is 1. The molecule has 4 heteroatoms. The standard InChI is InChI=1S/C9H16O3S/c1-6(13-4)7(10)5-9(2,3)8(11)12/h6H,5H2,1-4H3,(H,11,12). The second-order valence-electron chi connectivity index (χ2n) is 3.71. The number of carbonyl (C=O) groups excluding carboxylic acids is 1. The van der Waals surface area contributed by atoms with E-state index in [1.165, 1.54) is 11.8 Å². The van der Waals surface area contributed by atoms with Crippen molar-refractivity contribution in [3.05, 3.63) is 0 Å². The van der Waals surface area contributed by atoms with E-state index in [4.69, 9.17) is 5.11 Å². The number of hydrogen-bond acceptors (Lipinski definition) is 3. The van der Waals surface area contributed by atoms with Crippen LogP contribution in [-0.2, 0) is 9.59 Å². The van der Waals surface area contributed by atoms with E-state index in [0.717, 1.165) is 0 Å². The molecule has 1 unspecified atom stereocenters. The molecule has 0 aliphatic heterocycles. The molecule has 1 atom stereocenters. The quantitative estimate of drug-likeness (QED) is 0.742. The zero-order valence-electron chi connectivity index (χ0n) is 8.46. The third-order valence-corrected chi connectivity index (χ3v) is 2.97. The number of carbonyl (C=O) groups is 2. The first-order valence-corrected chi connectivity index (χ1v) is 5.39. The molecule has 0 rings (SSSR count). The molecule has 0 aliphatic rings. The van der Waals surface area contributed by atoms with Gasteiger partial charge >= 0.3 is 5.97 Å². The van der Waals surface area contributed by atoms with Gasteiger partial charge in [-0.1, -0.05) is 0 Å². The van der Waals surface area contributed by atoms with Gasteiger partial charge in [0.1, 0.15) is 5.78 Å². The average molecular weight is 204 g/mol. The zero-order valence-corrected chi connectivity index (χ0v) is 9.27. The molecule has 0 saturated heterocycles. The summed E-state index contributed by atoms with van der Waals surface area (Å²) in [6.07, 6.45) is 1.95. The summed E-state index contributed by atoms with van der Waals surface area (Å²) >= 11 is 1.44. The Morgan fingerprint density at radius 1 is 1.46 bits per heavy atom. The smallest absolute Gasteiger partial charge is 0.309 e. The van der Waals surface area contributed by atoms with E-state index in [1.807, 2.05) is 6.26 Å². The minimum Gasteiger partial charge on any atom is -0.481 e. The monoisotopic (exact) mass is 204 g/mol. The van der Waals surface area contributed by atoms with Gasteiger partial charge in [-0.05, 0) is 27.0 Å². The third kappa shape index (κ3) is 3.81. The van der Waals surface area contributed by atoms with E-state index in [0.29, 0.717) is 0 Å². The fraction of sp³-hybridized carbons (Fsp3) is 0.778. The van der Waals surface area contributed by atoms with E-state index in [9.17, 15) is 9.59 Å². The van der Waals surface area contributed by atoms with Crippen molar-refractivity contribution in [1.29, 1.82) is 0 Å². The molecule has 1 N–H and O–H groups in total. The Hall–Kier alpha value is -0.510. The molecule has 0 aromatic carbocycles. The van der Waals surface area contributed by atoms with Crippen LogP contribution in [0.4, 0.5) is 0 Å². The Labute approximate surface area is 82.9 Å². The summed E-state index contributed by atoms with van der Waals surface area (Å²) in [7, 11) is 0. The maximum Gasteiger partial charge on any atom is 0.309 e. The van der Waals surface area contributed by atoms with Gasteiger partial charge < -0.3 is 5.11 Å². The highest BCUT2D eigenvalue weighted by molar-refractivity contribution is 7.99. The fourth-order valence-electron chi connectivity index (χ4n) is 0.786. The Morgan fingerprint density at radius 2 is 1.92 bits per heavy atom. The molecular weight excluding hydrogens is 188 g/mol. The molecule has 0 aliphatic carbocycles. The molecular formula is C9H16O3S. The van der Waals surface area contributed by atoms with E-state index >= 15 is 0 Å². The predicted molar refractivity (Wildman–Crippen MR) is 54.0 cm³/mol. The first-order chi connectivity index (χ1) is 5.81. The number of aliphatic carboxylic acids is 1. The van der Waals surface area contributed by atoms with Gasteiger partial charge in [0, 0.05) is 6.42 Å². The van der Waals surface area contributed by atoms with Crippen molar-refractivity contribution in [3.8, 4) is 0 Å². The van der Waals surface area contributed by atoms with E-state index < -0.39 is 11.4 Å². The molecule has 0 bridgehead atoms. The van der Waals surface area contributed by atoms with Crippen LogP contribution >= 0.6 is 11.8 Å². The van der Waals surface area contributed by atoms with Crippen LogP contribution in [0, 0.1) is 5.41 Å². The zero-order chi connectivity index (χ0) is 10.6. The van der Waals surface area contributed by atoms with Crippen LogP contribution in [-0.4, -0.2) is 28.4 Å². The van der Waals surface area contributed by atoms with Gasteiger partial charge in [0.15, 0.2) is 0 Å². The van der Waals surface area contributed by atoms with Crippen LogP contribution in [0.1, 0.15) is 27.2 Å². The molecule has 0 amide bonds. The van der Waals surface area contributed by atoms with Gasteiger partial charge in [-0.15, -0.1) is 0 Å². The molecule has 0 aromatic heterocycles. The molecule has 0 aromatic rings. The summed E-state index contributed by atoms with van der Waals surface area (Å²) in [6.45, 7) is 4.94. The Morgan fingerprint density at radius 3 is 2.23 bits per heavy atom. The summed E-state index contributed by atoms with van der Waals surface area (Å²) in [4.78, 5) is 22.1. The SMILES string of the molecule is CSC(C)C(=O)CC(C)(C)C(=O)O. The van der Waals surface area contributed by atoms with Crippen molar-refractivity contribution in [2.45, 2.75) is 32.4 Å². The van der Waals surface area contributed by atoms with E-state index in [1.54, 1.807) is 20.8 Å². The van der Waals surface area contributed by atoms with Crippen LogP contribution in [0.3, 0.4) is 0 Å². The maximum absolute atomic E-state index is 11.4. The lowest BCUT2D eigenvalue weighted by Gasteiger charge is -2.19. The van der Waals surface area contributed by atoms with Crippen molar-refractivity contribution in [1.82, 2.24) is 0 Å². The largest absolute Gasteiger partial charge is 0.481 e. The van der Waals surface area contributed by atoms with Gasteiger partial charge in [-0.3, -0.25) is 9.59 Å². The number of Topliss-reactive ketones (excluding diaryl/α,β-unsaturated/α-hetero) is 1. The van der Waals surface area contributed by atoms with Gasteiger partial charge in [0.25, 0.3) is 0 Å². The van der Waals surface area contributed by atoms with Crippen LogP contribution < -0.4 is 0 Å². The number of carboxylic acid groups (broad SMARTS) is 1. The van der Waals surface area contributed by atoms with Gasteiger partial charge in [-0.2, -0.15) is 11.8 Å². The summed E-state index contributed by atoms with van der Waals surface area (Å²) in [5.41, 5.74) is -0.943. The number of rotatable bonds is 5. The van der Waals surface area contributed by atoms with Gasteiger partial charge in [0.05, 0.1) is 10.7 Å². The summed E-state index contributed by atoms with van der Waals surface area (Å²) < 4.78 is 0. The lowest BCUT2D eigenvalue weighted by Crippen LogP contribution is -2.29. The van der Waals surface area contributed by atoms with E-state index in [-0.39, 0.29) is 17.5 Å². The number of carboxylic acids is 1. The van der Waals surface area contributed by atoms with Gasteiger partial charge in [0.2, 0.25) is 0 Å². The van der Waals surface area contributed by atoms with Crippen LogP contribution in [0.5, 0.6) is 0 Å². The van der Waals surface area contributed by atoms with Crippen molar-refractivity contribution in [2.75, 3.05) is 6.26 Å². The van der Waals surface area contributed by atoms with Crippen LogP contribution in [0.15, 0.2) is 0 Å². The average Bonchev–Trinajstić information content (AvgIpc) is 2.01. The predicted octanol–water partition coefficient (Wildman–Crippen LogP) is 1.81. The van der Waals surface area contributed by atoms with Crippen molar-refractivity contribution in [2.24, 2.45) is 5.41 Å². The number of thioether (sulfide) groups is 1. The first kappa shape index (κ1) is 12.5. The molecule has 0 spiro atoms. The fourth-order valence-corrected chi connectivity index (χ4v) is 1.13. The summed E-state index contributed by atoms with van der Waals surface area (Å²) in [6, 6.07) is 0. The highest BCUT2D eigenvalue weighted by atomic mass is 32.2. The van der Waals surface area contributed by atoms with E-state index in [2.05, 4.69) is 0 Å². The molecule has 3 nitrogen and oxygen atoms in total. The highest BCUT2D eigenvalue weighted by Crippen LogP contribution is 2.23. The maximum atomic E-state index is 11.4. The van der Waals surface area contributed by atoms with Crippen molar-refractivity contribution in [3.63, 3.8) is 0 Å². The Bertz CT molecular complexity index is 211. The molecule has 0 radical (unpaired) electrons. The summed E-state index contributed by atoms with van der Waals surface area (Å²) in [5.74, 6) is -0.922. The normalized spacial score (nSPS) is 13.8. The summed E-state index contributed by atoms with van der Waals surface area (Å²) in [5, 5.41) is 8.67. The van der Waals surface area contributed by atoms with Gasteiger partial charge in [-0.25, -0.2) is 0 Å². The van der Waals surface area contributed by atoms with Crippen LogP contribution in [0.25, 0.3) is 0 Å². The third-order valence-electron chi connectivity index (χ3n) is 2.00. The molecule has 0 heterocycles. The molecule has 0 fully saturated rings. The van der Waals surface area contributed by atoms with Crippen LogP contribution in [0.2, 0.25) is 0 Å². The van der Waals surface area contributed by atoms with Crippen molar-refractivity contribution < 1.29 is 14.7 Å². The lowest BCUT2D eigenvalue weighted by atomic mass is 9.87. The van der Waals surface area contributed by atoms with Crippen molar-refractivity contribution >= 4 is 23.5 Å². The minimum absolute atomic E-state index is 0.0000926. The number of ketones is 1. The first-order valence-electron chi connectivity index (χ1n) is 4.10.